The maximum absolute atomic E-state index is 3.51. The zero-order valence-corrected chi connectivity index (χ0v) is 15.5. The van der Waals surface area contributed by atoms with Gasteiger partial charge in [0, 0.05) is 19.7 Å². The minimum atomic E-state index is 0.0303. The normalized spacial score (nSPS) is 14.9. The first-order valence-electron chi connectivity index (χ1n) is 7.73. The topological polar surface area (TPSA) is 0 Å². The molecule has 0 saturated heterocycles. The molecule has 0 fully saturated rings. The molecule has 0 bridgehead atoms. The summed E-state index contributed by atoms with van der Waals surface area (Å²) in [7, 11) is 0. The van der Waals surface area contributed by atoms with E-state index in [0.717, 1.165) is 4.47 Å². The molecule has 0 spiro atoms. The zero-order valence-electron chi connectivity index (χ0n) is 13.1. The van der Waals surface area contributed by atoms with Gasteiger partial charge >= 0.3 is 0 Å². The van der Waals surface area contributed by atoms with E-state index in [4.69, 9.17) is 0 Å². The van der Waals surface area contributed by atoms with E-state index in [9.17, 15) is 0 Å². The molecule has 0 nitrogen and oxygen atoms in total. The van der Waals surface area contributed by atoms with E-state index >= 15 is 0 Å². The van der Waals surface area contributed by atoms with Crippen molar-refractivity contribution in [2.45, 2.75) is 29.1 Å². The Hall–Kier alpha value is -1.51. The van der Waals surface area contributed by atoms with E-state index in [1.54, 1.807) is 0 Å². The lowest BCUT2D eigenvalue weighted by Gasteiger charge is -2.34. The van der Waals surface area contributed by atoms with Crippen molar-refractivity contribution in [2.24, 2.45) is 0 Å². The van der Waals surface area contributed by atoms with Crippen LogP contribution in [0.15, 0.2) is 81.0 Å². The van der Waals surface area contributed by atoms with Crippen molar-refractivity contribution in [1.29, 1.82) is 0 Å². The number of fused-ring (bicyclic) bond motifs is 2. The van der Waals surface area contributed by atoms with E-state index in [2.05, 4.69) is 96.5 Å². The fourth-order valence-corrected chi connectivity index (χ4v) is 4.91. The van der Waals surface area contributed by atoms with E-state index in [-0.39, 0.29) is 5.41 Å². The molecule has 3 aromatic rings. The van der Waals surface area contributed by atoms with Crippen molar-refractivity contribution in [2.75, 3.05) is 0 Å². The summed E-state index contributed by atoms with van der Waals surface area (Å²) in [6.45, 7) is 4.66. The smallest absolute Gasteiger partial charge is 0.0175 e. The molecule has 0 unspecified atom stereocenters. The van der Waals surface area contributed by atoms with Crippen molar-refractivity contribution in [3.63, 3.8) is 0 Å². The van der Waals surface area contributed by atoms with Crippen LogP contribution in [0, 0.1) is 0 Å². The van der Waals surface area contributed by atoms with Gasteiger partial charge in [-0.2, -0.15) is 0 Å². The monoisotopic (exact) mass is 380 g/mol. The molecular weight excluding hydrogens is 364 g/mol. The molecule has 3 aromatic carbocycles. The Labute approximate surface area is 150 Å². The molecule has 2 heteroatoms. The Morgan fingerprint density at radius 1 is 0.739 bits per heavy atom. The van der Waals surface area contributed by atoms with Crippen LogP contribution in [0.1, 0.15) is 25.0 Å². The summed E-state index contributed by atoms with van der Waals surface area (Å²) >= 11 is 5.39. The van der Waals surface area contributed by atoms with Crippen LogP contribution in [0.5, 0.6) is 0 Å². The molecule has 23 heavy (non-hydrogen) atoms. The summed E-state index contributed by atoms with van der Waals surface area (Å²) in [5.41, 5.74) is 5.41. The number of benzene rings is 3. The average Bonchev–Trinajstić information content (AvgIpc) is 2.56. The second-order valence-electron chi connectivity index (χ2n) is 6.44. The van der Waals surface area contributed by atoms with Crippen LogP contribution in [0.4, 0.5) is 0 Å². The van der Waals surface area contributed by atoms with E-state index < -0.39 is 0 Å². The standard InChI is InChI=1S/C21H17BrS/c1-21(2)17-5-3-4-6-19(17)23-20-12-9-15(13-18(20)21)14-7-10-16(22)11-8-14/h3-13H,1-2H3. The van der Waals surface area contributed by atoms with Crippen LogP contribution in [-0.4, -0.2) is 0 Å². The summed E-state index contributed by atoms with van der Waals surface area (Å²) in [5, 5.41) is 0. The van der Waals surface area contributed by atoms with Crippen molar-refractivity contribution in [1.82, 2.24) is 0 Å². The Morgan fingerprint density at radius 3 is 2.17 bits per heavy atom. The molecular formula is C21H17BrS. The van der Waals surface area contributed by atoms with Crippen molar-refractivity contribution in [3.8, 4) is 11.1 Å². The van der Waals surface area contributed by atoms with E-state index in [0.29, 0.717) is 0 Å². The van der Waals surface area contributed by atoms with E-state index in [1.807, 2.05) is 11.8 Å². The lowest BCUT2D eigenvalue weighted by atomic mass is 9.77. The van der Waals surface area contributed by atoms with Gasteiger partial charge in [0.1, 0.15) is 0 Å². The average molecular weight is 381 g/mol. The lowest BCUT2D eigenvalue weighted by molar-refractivity contribution is 0.607. The van der Waals surface area contributed by atoms with Gasteiger partial charge in [-0.25, -0.2) is 0 Å². The first kappa shape index (κ1) is 15.0. The minimum Gasteiger partial charge on any atom is -0.0895 e. The second-order valence-corrected chi connectivity index (χ2v) is 8.44. The van der Waals surface area contributed by atoms with Gasteiger partial charge in [-0.15, -0.1) is 0 Å². The highest BCUT2D eigenvalue weighted by molar-refractivity contribution is 9.10. The molecule has 0 radical (unpaired) electrons. The molecule has 0 aliphatic carbocycles. The fourth-order valence-electron chi connectivity index (χ4n) is 3.26. The molecule has 1 heterocycles. The van der Waals surface area contributed by atoms with E-state index in [1.165, 1.54) is 32.0 Å². The number of halogens is 1. The van der Waals surface area contributed by atoms with Crippen LogP contribution in [0.2, 0.25) is 0 Å². The van der Waals surface area contributed by atoms with Gasteiger partial charge in [-0.3, -0.25) is 0 Å². The third kappa shape index (κ3) is 2.54. The van der Waals surface area contributed by atoms with Gasteiger partial charge in [0.05, 0.1) is 0 Å². The molecule has 1 aliphatic heterocycles. The second kappa shape index (κ2) is 5.54. The van der Waals surface area contributed by atoms with Crippen LogP contribution in [0.25, 0.3) is 11.1 Å². The Bertz CT molecular complexity index is 879. The number of hydrogen-bond acceptors (Lipinski definition) is 1. The Balaban J connectivity index is 1.86. The van der Waals surface area contributed by atoms with Crippen molar-refractivity contribution < 1.29 is 0 Å². The van der Waals surface area contributed by atoms with Crippen molar-refractivity contribution >= 4 is 27.7 Å². The lowest BCUT2D eigenvalue weighted by Crippen LogP contribution is -2.23. The highest BCUT2D eigenvalue weighted by Crippen LogP contribution is 2.49. The molecule has 1 aliphatic rings. The molecule has 4 rings (SSSR count). The van der Waals surface area contributed by atoms with Gasteiger partial charge in [-0.1, -0.05) is 77.9 Å². The van der Waals surface area contributed by atoms with Gasteiger partial charge < -0.3 is 0 Å². The van der Waals surface area contributed by atoms with Gasteiger partial charge in [-0.05, 0) is 52.6 Å². The first-order valence-corrected chi connectivity index (χ1v) is 9.34. The summed E-state index contributed by atoms with van der Waals surface area (Å²) < 4.78 is 1.11. The molecule has 114 valence electrons. The Kier molecular flexibility index (Phi) is 3.62. The SMILES string of the molecule is CC1(C)c2ccccc2Sc2ccc(-c3ccc(Br)cc3)cc21. The van der Waals surface area contributed by atoms with Crippen LogP contribution < -0.4 is 0 Å². The third-order valence-corrected chi connectivity index (χ3v) is 6.29. The highest BCUT2D eigenvalue weighted by atomic mass is 79.9. The quantitative estimate of drug-likeness (QED) is 0.441. The maximum atomic E-state index is 3.51. The molecule has 0 atom stereocenters. The van der Waals surface area contributed by atoms with Gasteiger partial charge in [0.2, 0.25) is 0 Å². The predicted octanol–water partition coefficient (Wildman–Crippen LogP) is 6.91. The van der Waals surface area contributed by atoms with Crippen LogP contribution in [0.3, 0.4) is 0 Å². The Morgan fingerprint density at radius 2 is 1.39 bits per heavy atom. The first-order chi connectivity index (χ1) is 11.1. The fraction of sp³-hybridized carbons (Fsp3) is 0.143. The van der Waals surface area contributed by atoms with Crippen molar-refractivity contribution in [3.05, 3.63) is 82.3 Å². The summed E-state index contributed by atoms with van der Waals surface area (Å²) in [6.07, 6.45) is 0. The summed E-state index contributed by atoms with van der Waals surface area (Å²) in [6, 6.07) is 24.2. The molecule has 0 aromatic heterocycles. The molecule has 0 saturated carbocycles. The largest absolute Gasteiger partial charge is 0.0895 e. The van der Waals surface area contributed by atoms with Gasteiger partial charge in [0.25, 0.3) is 0 Å². The van der Waals surface area contributed by atoms with Crippen LogP contribution >= 0.6 is 27.7 Å². The minimum absolute atomic E-state index is 0.0303. The predicted molar refractivity (Wildman–Crippen MR) is 102 cm³/mol. The molecule has 0 N–H and O–H groups in total. The zero-order chi connectivity index (χ0) is 16.0. The summed E-state index contributed by atoms with van der Waals surface area (Å²) in [4.78, 5) is 2.75. The summed E-state index contributed by atoms with van der Waals surface area (Å²) in [5.74, 6) is 0. The molecule has 0 amide bonds. The highest BCUT2D eigenvalue weighted by Gasteiger charge is 2.32. The van der Waals surface area contributed by atoms with Crippen LogP contribution in [-0.2, 0) is 5.41 Å². The third-order valence-electron chi connectivity index (χ3n) is 4.61. The van der Waals surface area contributed by atoms with Gasteiger partial charge in [0.15, 0.2) is 0 Å². The maximum Gasteiger partial charge on any atom is 0.0175 e. The number of hydrogen-bond donors (Lipinski definition) is 0. The number of rotatable bonds is 1.